The molecule has 8 heteroatoms. The highest BCUT2D eigenvalue weighted by Gasteiger charge is 2.27. The monoisotopic (exact) mass is 334 g/mol. The van der Waals surface area contributed by atoms with E-state index in [4.69, 9.17) is 4.74 Å². The van der Waals surface area contributed by atoms with E-state index >= 15 is 0 Å². The molecule has 0 atom stereocenters. The smallest absolute Gasteiger partial charge is 0.224 e. The van der Waals surface area contributed by atoms with Crippen molar-refractivity contribution in [1.29, 1.82) is 0 Å². The van der Waals surface area contributed by atoms with E-state index in [0.717, 1.165) is 0 Å². The van der Waals surface area contributed by atoms with Crippen LogP contribution < -0.4 is 4.74 Å². The van der Waals surface area contributed by atoms with Crippen molar-refractivity contribution in [3.63, 3.8) is 0 Å². The van der Waals surface area contributed by atoms with E-state index in [1.807, 2.05) is 0 Å². The van der Waals surface area contributed by atoms with Crippen LogP contribution in [0.15, 0.2) is 29.2 Å². The summed E-state index contributed by atoms with van der Waals surface area (Å²) in [7, 11) is 1.40. The molecule has 0 aliphatic heterocycles. The van der Waals surface area contributed by atoms with Crippen LogP contribution in [0.1, 0.15) is 10.4 Å². The molecule has 0 saturated carbocycles. The van der Waals surface area contributed by atoms with E-state index < -0.39 is 39.1 Å². The normalized spacial score (nSPS) is 10.6. The maximum Gasteiger partial charge on any atom is 0.224 e. The van der Waals surface area contributed by atoms with Gasteiger partial charge in [0.25, 0.3) is 0 Å². The number of halogens is 5. The Labute approximate surface area is 125 Å². The Balaban J connectivity index is 2.36. The van der Waals surface area contributed by atoms with Crippen molar-refractivity contribution in [2.24, 2.45) is 0 Å². The average Bonchev–Trinajstić information content (AvgIpc) is 2.55. The van der Waals surface area contributed by atoms with Gasteiger partial charge in [0.15, 0.2) is 23.3 Å². The second-order valence-corrected chi connectivity index (χ2v) is 5.00. The molecular formula is C14H7F5O2S. The number of carbonyl (C=O) groups is 1. The molecule has 0 saturated heterocycles. The summed E-state index contributed by atoms with van der Waals surface area (Å²) in [6.07, 6.45) is 0. The molecule has 0 aliphatic rings. The van der Waals surface area contributed by atoms with Gasteiger partial charge in [0.1, 0.15) is 5.75 Å². The predicted molar refractivity (Wildman–Crippen MR) is 69.4 cm³/mol. The molecule has 0 spiro atoms. The van der Waals surface area contributed by atoms with Crippen molar-refractivity contribution in [3.05, 3.63) is 58.9 Å². The second kappa shape index (κ2) is 6.35. The SMILES string of the molecule is COc1ccc(C(=O)Sc2c(F)c(F)c(F)c(F)c2F)cc1. The fourth-order valence-electron chi connectivity index (χ4n) is 1.55. The number of ether oxygens (including phenoxy) is 1. The molecule has 2 aromatic rings. The number of hydrogen-bond donors (Lipinski definition) is 0. The lowest BCUT2D eigenvalue weighted by Crippen LogP contribution is -2.05. The summed E-state index contributed by atoms with van der Waals surface area (Å²) in [4.78, 5) is 10.6. The second-order valence-electron chi connectivity index (χ2n) is 4.02. The lowest BCUT2D eigenvalue weighted by Gasteiger charge is -2.07. The minimum Gasteiger partial charge on any atom is -0.497 e. The minimum atomic E-state index is -2.27. The average molecular weight is 334 g/mol. The van der Waals surface area contributed by atoms with E-state index in [2.05, 4.69) is 0 Å². The number of carbonyl (C=O) groups excluding carboxylic acids is 1. The fraction of sp³-hybridized carbons (Fsp3) is 0.0714. The Morgan fingerprint density at radius 1 is 0.864 bits per heavy atom. The van der Waals surface area contributed by atoms with Crippen molar-refractivity contribution in [2.75, 3.05) is 7.11 Å². The maximum absolute atomic E-state index is 13.5. The molecule has 22 heavy (non-hydrogen) atoms. The molecule has 2 nitrogen and oxygen atoms in total. The fourth-order valence-corrected chi connectivity index (χ4v) is 2.35. The summed E-state index contributed by atoms with van der Waals surface area (Å²) in [5.74, 6) is -10.1. The Kier molecular flexibility index (Phi) is 4.70. The first-order valence-corrected chi connectivity index (χ1v) is 6.56. The zero-order valence-corrected chi connectivity index (χ0v) is 11.7. The lowest BCUT2D eigenvalue weighted by molar-refractivity contribution is 0.108. The standard InChI is InChI=1S/C14H7F5O2S/c1-21-7-4-2-6(3-5-7)14(20)22-13-11(18)9(16)8(15)10(17)12(13)19/h2-5H,1H3. The quantitative estimate of drug-likeness (QED) is 0.362. The zero-order chi connectivity index (χ0) is 16.4. The van der Waals surface area contributed by atoms with E-state index in [1.54, 1.807) is 0 Å². The van der Waals surface area contributed by atoms with Gasteiger partial charge in [-0.05, 0) is 36.0 Å². The molecule has 0 aromatic heterocycles. The van der Waals surface area contributed by atoms with Gasteiger partial charge in [-0.25, -0.2) is 22.0 Å². The molecule has 0 aliphatic carbocycles. The van der Waals surface area contributed by atoms with E-state index in [-0.39, 0.29) is 17.3 Å². The summed E-state index contributed by atoms with van der Waals surface area (Å²) in [6.45, 7) is 0. The summed E-state index contributed by atoms with van der Waals surface area (Å²) in [5.41, 5.74) is 0.0229. The van der Waals surface area contributed by atoms with E-state index in [1.165, 1.54) is 31.4 Å². The van der Waals surface area contributed by atoms with Crippen molar-refractivity contribution in [3.8, 4) is 5.75 Å². The number of thioether (sulfide) groups is 1. The molecular weight excluding hydrogens is 327 g/mol. The van der Waals surface area contributed by atoms with Crippen molar-refractivity contribution >= 4 is 16.9 Å². The molecule has 0 N–H and O–H groups in total. The van der Waals surface area contributed by atoms with Gasteiger partial charge in [-0.3, -0.25) is 4.79 Å². The Hall–Kier alpha value is -2.09. The van der Waals surface area contributed by atoms with E-state index in [9.17, 15) is 26.7 Å². The van der Waals surface area contributed by atoms with Crippen LogP contribution in [-0.4, -0.2) is 12.2 Å². The number of methoxy groups -OCH3 is 1. The van der Waals surface area contributed by atoms with Crippen LogP contribution in [0.2, 0.25) is 0 Å². The highest BCUT2D eigenvalue weighted by Crippen LogP contribution is 2.33. The van der Waals surface area contributed by atoms with Crippen LogP contribution in [0.4, 0.5) is 22.0 Å². The van der Waals surface area contributed by atoms with Crippen LogP contribution in [0.25, 0.3) is 0 Å². The molecule has 0 unspecified atom stereocenters. The lowest BCUT2D eigenvalue weighted by atomic mass is 10.2. The van der Waals surface area contributed by atoms with Gasteiger partial charge in [-0.15, -0.1) is 0 Å². The van der Waals surface area contributed by atoms with Crippen LogP contribution in [0.3, 0.4) is 0 Å². The minimum absolute atomic E-state index is 0.0229. The van der Waals surface area contributed by atoms with Crippen molar-refractivity contribution in [2.45, 2.75) is 4.90 Å². The van der Waals surface area contributed by atoms with Gasteiger partial charge < -0.3 is 4.74 Å². The Morgan fingerprint density at radius 3 is 1.77 bits per heavy atom. The van der Waals surface area contributed by atoms with Crippen molar-refractivity contribution < 1.29 is 31.5 Å². The summed E-state index contributed by atoms with van der Waals surface area (Å²) in [5, 5.41) is -0.870. The van der Waals surface area contributed by atoms with Gasteiger partial charge in [0.2, 0.25) is 10.9 Å². The first kappa shape index (κ1) is 16.3. The largest absolute Gasteiger partial charge is 0.497 e. The number of hydrogen-bond acceptors (Lipinski definition) is 3. The van der Waals surface area contributed by atoms with Gasteiger partial charge >= 0.3 is 0 Å². The molecule has 0 heterocycles. The van der Waals surface area contributed by atoms with Crippen LogP contribution in [0.5, 0.6) is 5.75 Å². The van der Waals surface area contributed by atoms with Gasteiger partial charge in [-0.2, -0.15) is 0 Å². The molecule has 2 rings (SSSR count). The molecule has 0 bridgehead atoms. The maximum atomic E-state index is 13.5. The summed E-state index contributed by atoms with van der Waals surface area (Å²) in [6, 6.07) is 5.46. The topological polar surface area (TPSA) is 26.3 Å². The Morgan fingerprint density at radius 2 is 1.32 bits per heavy atom. The third-order valence-corrected chi connectivity index (χ3v) is 3.67. The third kappa shape index (κ3) is 2.92. The molecule has 2 aromatic carbocycles. The highest BCUT2D eigenvalue weighted by molar-refractivity contribution is 8.14. The Bertz CT molecular complexity index is 702. The van der Waals surface area contributed by atoms with Crippen molar-refractivity contribution in [1.82, 2.24) is 0 Å². The van der Waals surface area contributed by atoms with Gasteiger partial charge in [-0.1, -0.05) is 0 Å². The molecule has 0 radical (unpaired) electrons. The van der Waals surface area contributed by atoms with Crippen LogP contribution in [-0.2, 0) is 0 Å². The highest BCUT2D eigenvalue weighted by atomic mass is 32.2. The first-order chi connectivity index (χ1) is 10.4. The van der Waals surface area contributed by atoms with Gasteiger partial charge in [0.05, 0.1) is 12.0 Å². The van der Waals surface area contributed by atoms with E-state index in [0.29, 0.717) is 5.75 Å². The summed E-state index contributed by atoms with van der Waals surface area (Å²) >= 11 is -0.0760. The number of benzene rings is 2. The summed E-state index contributed by atoms with van der Waals surface area (Å²) < 4.78 is 70.8. The third-order valence-electron chi connectivity index (χ3n) is 2.69. The van der Waals surface area contributed by atoms with Gasteiger partial charge in [0, 0.05) is 5.56 Å². The number of rotatable bonds is 3. The first-order valence-electron chi connectivity index (χ1n) is 5.74. The molecule has 0 fully saturated rings. The van der Waals surface area contributed by atoms with Crippen LogP contribution >= 0.6 is 11.8 Å². The van der Waals surface area contributed by atoms with Crippen LogP contribution in [0, 0.1) is 29.1 Å². The molecule has 116 valence electrons. The predicted octanol–water partition coefficient (Wildman–Crippen LogP) is 4.32. The zero-order valence-electron chi connectivity index (χ0n) is 10.9. The molecule has 0 amide bonds.